The minimum Gasteiger partial charge on any atom is -0.507 e. The topological polar surface area (TPSA) is 258 Å². The zero-order valence-electron chi connectivity index (χ0n) is 42.6. The first kappa shape index (κ1) is 50.7. The Labute approximate surface area is 439 Å². The zero-order chi connectivity index (χ0) is 52.9. The number of benzene rings is 2. The van der Waals surface area contributed by atoms with E-state index < -0.39 is 18.1 Å². The Balaban J connectivity index is 0.657. The molecule has 0 spiro atoms. The molecule has 392 valence electrons. The summed E-state index contributed by atoms with van der Waals surface area (Å²) in [7, 11) is 1.88. The van der Waals surface area contributed by atoms with E-state index in [1.807, 2.05) is 82.4 Å². The average molecular weight is 1030 g/mol. The predicted octanol–water partition coefficient (Wildman–Crippen LogP) is 5.33. The van der Waals surface area contributed by atoms with Crippen LogP contribution in [0.5, 0.6) is 23.3 Å². The van der Waals surface area contributed by atoms with Crippen LogP contribution in [0.2, 0.25) is 0 Å². The minimum absolute atomic E-state index is 0.0122. The second-order valence-electron chi connectivity index (χ2n) is 19.5. The van der Waals surface area contributed by atoms with Gasteiger partial charge in [0.15, 0.2) is 23.9 Å². The molecule has 0 bridgehead atoms. The van der Waals surface area contributed by atoms with Gasteiger partial charge in [-0.1, -0.05) is 56.2 Å². The molecule has 1 aliphatic carbocycles. The second-order valence-corrected chi connectivity index (χ2v) is 19.5. The van der Waals surface area contributed by atoms with Crippen molar-refractivity contribution < 1.29 is 38.5 Å². The van der Waals surface area contributed by atoms with E-state index in [-0.39, 0.29) is 78.8 Å². The molecule has 2 aromatic carbocycles. The van der Waals surface area contributed by atoms with Crippen LogP contribution in [-0.2, 0) is 16.6 Å². The molecule has 2 saturated heterocycles. The predicted molar refractivity (Wildman–Crippen MR) is 280 cm³/mol. The number of amides is 2. The van der Waals surface area contributed by atoms with Crippen LogP contribution in [0.1, 0.15) is 69.1 Å². The number of aryl methyl sites for hydroxylation is 1. The number of likely N-dealkylation sites (tertiary alicyclic amines) is 1. The van der Waals surface area contributed by atoms with Crippen LogP contribution < -0.4 is 35.1 Å². The van der Waals surface area contributed by atoms with Crippen molar-refractivity contribution in [3.63, 3.8) is 0 Å². The van der Waals surface area contributed by atoms with E-state index in [4.69, 9.17) is 24.5 Å². The highest BCUT2D eigenvalue weighted by Crippen LogP contribution is 2.35. The van der Waals surface area contributed by atoms with Crippen LogP contribution >= 0.6 is 0 Å². The lowest BCUT2D eigenvalue weighted by Gasteiger charge is -2.38. The van der Waals surface area contributed by atoms with Gasteiger partial charge in [-0.25, -0.2) is 15.0 Å². The number of nitrogens with zero attached hydrogens (tertiary/aromatic N) is 11. The normalized spacial score (nSPS) is 19.1. The molecule has 7 aromatic rings. The van der Waals surface area contributed by atoms with E-state index in [1.165, 1.54) is 4.90 Å². The minimum atomic E-state index is -0.871. The lowest BCUT2D eigenvalue weighted by molar-refractivity contribution is -0.141. The zero-order valence-corrected chi connectivity index (χ0v) is 42.6. The fraction of sp³-hybridized carbons (Fsp3) is 0.364. The van der Waals surface area contributed by atoms with Gasteiger partial charge in [-0.15, -0.1) is 10.2 Å². The van der Waals surface area contributed by atoms with Crippen molar-refractivity contribution in [1.29, 1.82) is 0 Å². The number of phenolic OH excluding ortho intramolecular Hbond substituents is 1. The molecule has 0 radical (unpaired) electrons. The number of hydrogen-bond donors (Lipinski definition) is 4. The Morgan fingerprint density at radius 2 is 1.62 bits per heavy atom. The van der Waals surface area contributed by atoms with E-state index in [0.717, 1.165) is 41.3 Å². The summed E-state index contributed by atoms with van der Waals surface area (Å²) in [5, 5.41) is 40.7. The highest BCUT2D eigenvalue weighted by atomic mass is 16.5. The van der Waals surface area contributed by atoms with Crippen molar-refractivity contribution in [1.82, 2.24) is 50.3 Å². The van der Waals surface area contributed by atoms with E-state index in [9.17, 15) is 19.8 Å². The third kappa shape index (κ3) is 11.5. The number of aromatic hydroxyl groups is 1. The number of para-hydroxylation sites is 1. The summed E-state index contributed by atoms with van der Waals surface area (Å²) in [4.78, 5) is 46.9. The van der Waals surface area contributed by atoms with Gasteiger partial charge in [-0.2, -0.15) is 5.10 Å². The number of nitrogen functional groups attached to an aromatic ring is 1. The molecule has 2 amide bonds. The van der Waals surface area contributed by atoms with Crippen molar-refractivity contribution >= 4 is 29.0 Å². The summed E-state index contributed by atoms with van der Waals surface area (Å²) >= 11 is 0. The number of rotatable bonds is 16. The van der Waals surface area contributed by atoms with E-state index >= 15 is 0 Å². The van der Waals surface area contributed by atoms with Gasteiger partial charge in [0.25, 0.3) is 5.88 Å². The molecule has 2 aliphatic heterocycles. The number of nitrogens with two attached hydrogens (primary N) is 1. The molecule has 4 atom stereocenters. The third-order valence-corrected chi connectivity index (χ3v) is 13.9. The number of β-amino-alcohol motifs (C(OH)–C–C–N with tert-alkyl or cyclic N) is 1. The SMILES string of the molecule is CC(C)[C@@H](C(=O)N1C[C@H](O)C[C@H]1C(=O)N[C@@H](C)c1ccc(-c2ccnn2C)cc1)c1cc(OCC#Cc2ncc(OC3CC(Oc4cc(N5CCN(c6cc(-c7ccccc7O)nnc6N)CC5)ccn4)C3)cn2)no1. The molecule has 21 nitrogen and oxygen atoms in total. The Bertz CT molecular complexity index is 3210. The molecular formula is C55H59N13O8. The molecule has 0 unspecified atom stereocenters. The van der Waals surface area contributed by atoms with Crippen LogP contribution in [0.3, 0.4) is 0 Å². The molecule has 10 rings (SSSR count). The third-order valence-electron chi connectivity index (χ3n) is 13.9. The summed E-state index contributed by atoms with van der Waals surface area (Å²) in [6, 6.07) is 23.0. The standard InChI is InChI=1S/C55H59N13O8/c1-33(2)52(55(72)68-32-38(69)25-46(68)54(71)61-34(3)35-11-13-36(14-12-35)44-16-18-60-65(44)4)48-29-51(64-76-48)73-23-7-10-49-58-30-41(31-59-49)74-39-26-40(27-39)75-50-24-37(15-17-57-50)66-19-21-67(22-20-66)45-28-43(62-63-53(45)56)42-8-5-6-9-47(42)70/h5-6,8-9,11-18,24,28-31,33-34,38-40,46,52,69-70H,19-23,25-27,32H2,1-4H3,(H2,56,63)(H,61,71)/t34-,38+,39?,40?,46-,52+/m0/s1. The number of carbonyl (C=O) groups excluding carboxylic acids is 2. The first-order valence-corrected chi connectivity index (χ1v) is 25.3. The second kappa shape index (κ2) is 22.4. The molecule has 3 aliphatic rings. The van der Waals surface area contributed by atoms with Crippen molar-refractivity contribution in [2.24, 2.45) is 13.0 Å². The highest BCUT2D eigenvalue weighted by molar-refractivity contribution is 5.91. The Morgan fingerprint density at radius 3 is 2.36 bits per heavy atom. The average Bonchev–Trinajstić information content (AvgIpc) is 4.18. The lowest BCUT2D eigenvalue weighted by atomic mass is 9.91. The molecule has 21 heteroatoms. The van der Waals surface area contributed by atoms with Gasteiger partial charge in [0.1, 0.15) is 29.9 Å². The Morgan fingerprint density at radius 1 is 0.868 bits per heavy atom. The summed E-state index contributed by atoms with van der Waals surface area (Å²) in [5.74, 6) is 6.27. The molecule has 5 N–H and O–H groups in total. The summed E-state index contributed by atoms with van der Waals surface area (Å²) < 4.78 is 25.5. The molecule has 3 fully saturated rings. The van der Waals surface area contributed by atoms with Crippen molar-refractivity contribution in [2.75, 3.05) is 54.9 Å². The number of pyridine rings is 1. The number of aliphatic hydroxyl groups is 1. The monoisotopic (exact) mass is 1030 g/mol. The first-order valence-electron chi connectivity index (χ1n) is 25.3. The summed E-state index contributed by atoms with van der Waals surface area (Å²) in [5.41, 5.74) is 12.1. The van der Waals surface area contributed by atoms with Crippen LogP contribution in [0, 0.1) is 17.8 Å². The number of phenols is 1. The Hall–Kier alpha value is -8.77. The van der Waals surface area contributed by atoms with Crippen molar-refractivity contribution in [3.05, 3.63) is 121 Å². The fourth-order valence-corrected chi connectivity index (χ4v) is 9.77. The lowest BCUT2D eigenvalue weighted by Crippen LogP contribution is -2.48. The molecular weight excluding hydrogens is 971 g/mol. The van der Waals surface area contributed by atoms with Gasteiger partial charge < -0.3 is 54.7 Å². The number of nitrogens with one attached hydrogen (secondary N) is 1. The van der Waals surface area contributed by atoms with E-state index in [2.05, 4.69) is 62.4 Å². The van der Waals surface area contributed by atoms with Gasteiger partial charge in [0.2, 0.25) is 23.5 Å². The summed E-state index contributed by atoms with van der Waals surface area (Å²) in [6.45, 7) is 8.52. The van der Waals surface area contributed by atoms with Crippen molar-refractivity contribution in [3.8, 4) is 57.6 Å². The maximum Gasteiger partial charge on any atom is 0.255 e. The van der Waals surface area contributed by atoms with Crippen LogP contribution in [-0.4, -0.2) is 131 Å². The quantitative estimate of drug-likeness (QED) is 0.0892. The van der Waals surface area contributed by atoms with Crippen LogP contribution in [0.25, 0.3) is 22.5 Å². The number of anilines is 3. The first-order chi connectivity index (χ1) is 36.8. The maximum absolute atomic E-state index is 14.2. The molecule has 1 saturated carbocycles. The smallest absolute Gasteiger partial charge is 0.255 e. The fourth-order valence-electron chi connectivity index (χ4n) is 9.77. The maximum atomic E-state index is 14.2. The van der Waals surface area contributed by atoms with Gasteiger partial charge in [-0.05, 0) is 65.4 Å². The number of piperazine rings is 1. The molecule has 76 heavy (non-hydrogen) atoms. The number of hydrogen-bond acceptors (Lipinski definition) is 18. The number of carbonyl (C=O) groups is 2. The van der Waals surface area contributed by atoms with Gasteiger partial charge >= 0.3 is 0 Å². The van der Waals surface area contributed by atoms with Gasteiger partial charge in [0, 0.05) is 94.8 Å². The van der Waals surface area contributed by atoms with Crippen LogP contribution in [0.4, 0.5) is 17.2 Å². The van der Waals surface area contributed by atoms with Gasteiger partial charge in [0.05, 0.1) is 41.6 Å². The number of ether oxygens (including phenoxy) is 3. The van der Waals surface area contributed by atoms with Crippen LogP contribution in [0.15, 0.2) is 108 Å². The van der Waals surface area contributed by atoms with Gasteiger partial charge in [-0.3, -0.25) is 14.3 Å². The van der Waals surface area contributed by atoms with E-state index in [0.29, 0.717) is 54.6 Å². The summed E-state index contributed by atoms with van der Waals surface area (Å²) in [6.07, 6.45) is 7.13. The molecule has 7 heterocycles. The van der Waals surface area contributed by atoms with E-state index in [1.54, 1.807) is 53.7 Å². The number of aromatic nitrogens is 8. The largest absolute Gasteiger partial charge is 0.507 e. The van der Waals surface area contributed by atoms with Crippen molar-refractivity contribution in [2.45, 2.75) is 76.3 Å². The highest BCUT2D eigenvalue weighted by Gasteiger charge is 2.44. The Kier molecular flexibility index (Phi) is 14.9. The number of aliphatic hydroxyl groups excluding tert-OH is 1. The molecule has 5 aromatic heterocycles.